The summed E-state index contributed by atoms with van der Waals surface area (Å²) in [5.41, 5.74) is 1.69. The number of carboxylic acids is 1. The van der Waals surface area contributed by atoms with E-state index in [4.69, 9.17) is 14.3 Å². The van der Waals surface area contributed by atoms with Crippen molar-refractivity contribution in [2.45, 2.75) is 13.5 Å². The molecular weight excluding hydrogens is 326 g/mol. The zero-order chi connectivity index (χ0) is 14.7. The molecule has 1 aromatic carbocycles. The molecule has 0 aliphatic carbocycles. The van der Waals surface area contributed by atoms with Crippen molar-refractivity contribution in [1.82, 2.24) is 0 Å². The number of nitrogens with one attached hydrogen (secondary N) is 1. The van der Waals surface area contributed by atoms with Crippen molar-refractivity contribution in [3.63, 3.8) is 0 Å². The van der Waals surface area contributed by atoms with Crippen LogP contribution >= 0.6 is 15.9 Å². The van der Waals surface area contributed by atoms with Crippen LogP contribution in [0.25, 0.3) is 0 Å². The maximum atomic E-state index is 10.8. The maximum absolute atomic E-state index is 10.8. The van der Waals surface area contributed by atoms with Gasteiger partial charge in [0.1, 0.15) is 11.5 Å². The summed E-state index contributed by atoms with van der Waals surface area (Å²) in [7, 11) is 1.60. The number of halogens is 1. The minimum Gasteiger partial charge on any atom is -0.495 e. The van der Waals surface area contributed by atoms with Crippen molar-refractivity contribution in [2.75, 3.05) is 12.4 Å². The van der Waals surface area contributed by atoms with E-state index >= 15 is 0 Å². The van der Waals surface area contributed by atoms with E-state index in [2.05, 4.69) is 21.2 Å². The Balaban J connectivity index is 2.10. The van der Waals surface area contributed by atoms with E-state index in [-0.39, 0.29) is 5.76 Å². The van der Waals surface area contributed by atoms with Crippen molar-refractivity contribution in [2.24, 2.45) is 0 Å². The van der Waals surface area contributed by atoms with Gasteiger partial charge in [0.15, 0.2) is 0 Å². The first kappa shape index (κ1) is 14.5. The summed E-state index contributed by atoms with van der Waals surface area (Å²) in [5, 5.41) is 12.1. The van der Waals surface area contributed by atoms with E-state index in [1.807, 2.05) is 18.2 Å². The van der Waals surface area contributed by atoms with Crippen LogP contribution in [0.3, 0.4) is 0 Å². The zero-order valence-corrected chi connectivity index (χ0v) is 12.7. The molecule has 2 N–H and O–H groups in total. The number of hydrogen-bond acceptors (Lipinski definition) is 4. The summed E-state index contributed by atoms with van der Waals surface area (Å²) < 4.78 is 11.2. The van der Waals surface area contributed by atoms with E-state index in [9.17, 15) is 4.79 Å². The summed E-state index contributed by atoms with van der Waals surface area (Å²) in [6.45, 7) is 2.22. The van der Waals surface area contributed by atoms with Crippen molar-refractivity contribution in [1.29, 1.82) is 0 Å². The van der Waals surface area contributed by atoms with Crippen LogP contribution in [0, 0.1) is 6.92 Å². The lowest BCUT2D eigenvalue weighted by atomic mass is 10.2. The van der Waals surface area contributed by atoms with Crippen LogP contribution in [0.5, 0.6) is 5.75 Å². The molecule has 0 aliphatic heterocycles. The Kier molecular flexibility index (Phi) is 4.34. The fourth-order valence-corrected chi connectivity index (χ4v) is 2.18. The lowest BCUT2D eigenvalue weighted by Crippen LogP contribution is -2.00. The van der Waals surface area contributed by atoms with E-state index in [1.165, 1.54) is 6.07 Å². The Morgan fingerprint density at radius 2 is 2.20 bits per heavy atom. The molecule has 0 fully saturated rings. The van der Waals surface area contributed by atoms with E-state index in [1.54, 1.807) is 14.0 Å². The summed E-state index contributed by atoms with van der Waals surface area (Å²) in [4.78, 5) is 10.8. The van der Waals surface area contributed by atoms with Gasteiger partial charge in [0.2, 0.25) is 5.76 Å². The Hall–Kier alpha value is -1.95. The lowest BCUT2D eigenvalue weighted by Gasteiger charge is -2.09. The smallest absolute Gasteiger partial charge is 0.371 e. The summed E-state index contributed by atoms with van der Waals surface area (Å²) in [6.07, 6.45) is 0. The molecule has 0 amide bonds. The number of hydrogen-bond donors (Lipinski definition) is 2. The second-order valence-electron chi connectivity index (χ2n) is 4.20. The average Bonchev–Trinajstić information content (AvgIpc) is 2.79. The van der Waals surface area contributed by atoms with Gasteiger partial charge in [-0.3, -0.25) is 0 Å². The van der Waals surface area contributed by atoms with E-state index in [0.29, 0.717) is 12.3 Å². The van der Waals surface area contributed by atoms with Crippen molar-refractivity contribution in [3.8, 4) is 5.75 Å². The van der Waals surface area contributed by atoms with E-state index in [0.717, 1.165) is 21.5 Å². The van der Waals surface area contributed by atoms with Crippen LogP contribution < -0.4 is 10.1 Å². The number of carbonyl (C=O) groups is 1. The van der Waals surface area contributed by atoms with Gasteiger partial charge in [-0.05, 0) is 41.1 Å². The number of aromatic carboxylic acids is 1. The molecule has 1 aromatic heterocycles. The summed E-state index contributed by atoms with van der Waals surface area (Å²) in [6, 6.07) is 7.17. The molecule has 5 nitrogen and oxygen atoms in total. The molecule has 2 rings (SSSR count). The number of benzene rings is 1. The van der Waals surface area contributed by atoms with Gasteiger partial charge >= 0.3 is 5.97 Å². The fraction of sp³-hybridized carbons (Fsp3) is 0.214. The van der Waals surface area contributed by atoms with Crippen LogP contribution in [0.4, 0.5) is 5.69 Å². The number of rotatable bonds is 5. The van der Waals surface area contributed by atoms with Gasteiger partial charge in [-0.15, -0.1) is 0 Å². The van der Waals surface area contributed by atoms with Gasteiger partial charge in [0.25, 0.3) is 0 Å². The largest absolute Gasteiger partial charge is 0.495 e. The highest BCUT2D eigenvalue weighted by Crippen LogP contribution is 2.28. The second kappa shape index (κ2) is 6.00. The van der Waals surface area contributed by atoms with Crippen LogP contribution in [0.2, 0.25) is 0 Å². The highest BCUT2D eigenvalue weighted by Gasteiger charge is 2.12. The first-order valence-corrected chi connectivity index (χ1v) is 6.70. The average molecular weight is 340 g/mol. The Morgan fingerprint density at radius 1 is 1.45 bits per heavy atom. The second-order valence-corrected chi connectivity index (χ2v) is 5.05. The van der Waals surface area contributed by atoms with Gasteiger partial charge in [0, 0.05) is 23.9 Å². The molecule has 6 heteroatoms. The summed E-state index contributed by atoms with van der Waals surface area (Å²) >= 11 is 3.38. The molecule has 1 heterocycles. The van der Waals surface area contributed by atoms with Crippen LogP contribution in [-0.4, -0.2) is 18.2 Å². The van der Waals surface area contributed by atoms with E-state index < -0.39 is 5.97 Å². The van der Waals surface area contributed by atoms with Crippen molar-refractivity contribution >= 4 is 27.6 Å². The third-order valence-corrected chi connectivity index (χ3v) is 3.52. The highest BCUT2D eigenvalue weighted by molar-refractivity contribution is 9.10. The molecule has 0 unspecified atom stereocenters. The number of ether oxygens (including phenoxy) is 1. The lowest BCUT2D eigenvalue weighted by molar-refractivity contribution is 0.0661. The third-order valence-electron chi connectivity index (χ3n) is 2.87. The number of aryl methyl sites for hydroxylation is 1. The standard InChI is InChI=1S/C14H14BrNO4/c1-8-9(5-13(20-8)14(17)18)7-16-10-3-4-11(15)12(6-10)19-2/h3-6,16H,7H2,1-2H3,(H,17,18). The molecule has 20 heavy (non-hydrogen) atoms. The SMILES string of the molecule is COc1cc(NCc2cc(C(=O)O)oc2C)ccc1Br. The first-order chi connectivity index (χ1) is 9.51. The molecule has 0 spiro atoms. The zero-order valence-electron chi connectivity index (χ0n) is 11.1. The van der Waals surface area contributed by atoms with Gasteiger partial charge in [-0.1, -0.05) is 0 Å². The third kappa shape index (κ3) is 3.14. The number of carboxylic acid groups (broad SMARTS) is 1. The summed E-state index contributed by atoms with van der Waals surface area (Å²) in [5.74, 6) is 0.210. The maximum Gasteiger partial charge on any atom is 0.371 e. The minimum atomic E-state index is -1.07. The van der Waals surface area contributed by atoms with Gasteiger partial charge < -0.3 is 19.6 Å². The monoisotopic (exact) mass is 339 g/mol. The van der Waals surface area contributed by atoms with Gasteiger partial charge in [-0.2, -0.15) is 0 Å². The molecule has 0 bridgehead atoms. The van der Waals surface area contributed by atoms with Gasteiger partial charge in [0.05, 0.1) is 11.6 Å². The Bertz CT molecular complexity index is 636. The molecule has 0 radical (unpaired) electrons. The number of anilines is 1. The van der Waals surface area contributed by atoms with Gasteiger partial charge in [-0.25, -0.2) is 4.79 Å². The molecular formula is C14H14BrNO4. The number of furan rings is 1. The van der Waals surface area contributed by atoms with Crippen LogP contribution in [0.15, 0.2) is 33.2 Å². The topological polar surface area (TPSA) is 71.7 Å². The van der Waals surface area contributed by atoms with Crippen molar-refractivity contribution < 1.29 is 19.1 Å². The number of methoxy groups -OCH3 is 1. The highest BCUT2D eigenvalue weighted by atomic mass is 79.9. The molecule has 2 aromatic rings. The minimum absolute atomic E-state index is 0.0484. The molecule has 106 valence electrons. The quantitative estimate of drug-likeness (QED) is 0.869. The van der Waals surface area contributed by atoms with Crippen LogP contribution in [-0.2, 0) is 6.54 Å². The normalized spacial score (nSPS) is 10.3. The predicted molar refractivity (Wildman–Crippen MR) is 78.4 cm³/mol. The predicted octanol–water partition coefficient (Wildman–Crippen LogP) is 3.67. The molecule has 0 saturated heterocycles. The molecule has 0 saturated carbocycles. The first-order valence-electron chi connectivity index (χ1n) is 5.91. The molecule has 0 aliphatic rings. The molecule has 0 atom stereocenters. The van der Waals surface area contributed by atoms with Crippen LogP contribution in [0.1, 0.15) is 21.9 Å². The Morgan fingerprint density at radius 3 is 2.80 bits per heavy atom. The Labute approximate surface area is 124 Å². The van der Waals surface area contributed by atoms with Crippen molar-refractivity contribution in [3.05, 3.63) is 45.8 Å². The fourth-order valence-electron chi connectivity index (χ4n) is 1.77.